The maximum absolute atomic E-state index is 5.19. The molecule has 1 aliphatic carbocycles. The van der Waals surface area contributed by atoms with Gasteiger partial charge < -0.3 is 14.8 Å². The maximum Gasteiger partial charge on any atom is 0.118 e. The zero-order valence-electron chi connectivity index (χ0n) is 11.5. The largest absolute Gasteiger partial charge is 0.497 e. The fraction of sp³-hybridized carbons (Fsp3) is 0.600. The average Bonchev–Trinajstić information content (AvgIpc) is 3.07. The minimum Gasteiger partial charge on any atom is -0.497 e. The molecule has 100 valence electrons. The van der Waals surface area contributed by atoms with Gasteiger partial charge in [-0.3, -0.25) is 0 Å². The Bertz CT molecular complexity index is 377. The van der Waals surface area contributed by atoms with Crippen LogP contribution in [0.2, 0.25) is 0 Å². The van der Waals surface area contributed by atoms with Gasteiger partial charge in [0, 0.05) is 13.7 Å². The van der Waals surface area contributed by atoms with Gasteiger partial charge >= 0.3 is 0 Å². The number of nitrogens with one attached hydrogen (secondary N) is 1. The Labute approximate surface area is 109 Å². The summed E-state index contributed by atoms with van der Waals surface area (Å²) in [6, 6.07) is 8.48. The molecule has 0 amide bonds. The van der Waals surface area contributed by atoms with E-state index in [0.717, 1.165) is 31.4 Å². The van der Waals surface area contributed by atoms with Crippen LogP contribution in [0.4, 0.5) is 0 Å². The smallest absolute Gasteiger partial charge is 0.118 e. The van der Waals surface area contributed by atoms with Crippen LogP contribution < -0.4 is 10.1 Å². The molecule has 1 fully saturated rings. The number of hydrogen-bond acceptors (Lipinski definition) is 3. The summed E-state index contributed by atoms with van der Waals surface area (Å²) in [5.74, 6) is 1.67. The molecule has 0 saturated heterocycles. The molecule has 0 radical (unpaired) electrons. The van der Waals surface area contributed by atoms with Crippen LogP contribution in [-0.2, 0) is 10.2 Å². The van der Waals surface area contributed by atoms with E-state index in [4.69, 9.17) is 9.47 Å². The van der Waals surface area contributed by atoms with Gasteiger partial charge in [0.15, 0.2) is 0 Å². The summed E-state index contributed by atoms with van der Waals surface area (Å²) in [7, 11) is 3.44. The van der Waals surface area contributed by atoms with Crippen LogP contribution in [0.15, 0.2) is 24.3 Å². The second kappa shape index (κ2) is 5.72. The zero-order valence-corrected chi connectivity index (χ0v) is 11.5. The third kappa shape index (κ3) is 2.85. The first kappa shape index (κ1) is 13.4. The highest BCUT2D eigenvalue weighted by Crippen LogP contribution is 2.53. The zero-order chi connectivity index (χ0) is 13.0. The summed E-state index contributed by atoms with van der Waals surface area (Å²) in [6.45, 7) is 5.14. The van der Waals surface area contributed by atoms with Crippen molar-refractivity contribution in [1.29, 1.82) is 0 Å². The Hall–Kier alpha value is -1.06. The summed E-state index contributed by atoms with van der Waals surface area (Å²) in [5, 5.41) is 3.45. The second-order valence-electron chi connectivity index (χ2n) is 5.24. The van der Waals surface area contributed by atoms with E-state index in [-0.39, 0.29) is 0 Å². The molecule has 1 aromatic carbocycles. The summed E-state index contributed by atoms with van der Waals surface area (Å²) in [5.41, 5.74) is 1.76. The lowest BCUT2D eigenvalue weighted by molar-refractivity contribution is 0.199. The Morgan fingerprint density at radius 1 is 1.28 bits per heavy atom. The minimum absolute atomic E-state index is 0.340. The highest BCUT2D eigenvalue weighted by molar-refractivity contribution is 5.37. The van der Waals surface area contributed by atoms with Crippen LogP contribution in [0.25, 0.3) is 0 Å². The van der Waals surface area contributed by atoms with Crippen molar-refractivity contribution in [2.45, 2.75) is 18.8 Å². The van der Waals surface area contributed by atoms with Crippen LogP contribution >= 0.6 is 0 Å². The second-order valence-corrected chi connectivity index (χ2v) is 5.24. The lowest BCUT2D eigenvalue weighted by Gasteiger charge is -2.13. The first-order valence-electron chi connectivity index (χ1n) is 6.55. The first-order chi connectivity index (χ1) is 8.70. The first-order valence-corrected chi connectivity index (χ1v) is 6.55. The fourth-order valence-electron chi connectivity index (χ4n) is 2.53. The Kier molecular flexibility index (Phi) is 4.25. The lowest BCUT2D eigenvalue weighted by atomic mass is 9.95. The van der Waals surface area contributed by atoms with Crippen LogP contribution in [0.5, 0.6) is 5.75 Å². The van der Waals surface area contributed by atoms with Crippen molar-refractivity contribution in [3.63, 3.8) is 0 Å². The van der Waals surface area contributed by atoms with Gasteiger partial charge in [0.05, 0.1) is 13.7 Å². The average molecular weight is 249 g/mol. The molecular weight excluding hydrogens is 226 g/mol. The molecule has 2 atom stereocenters. The van der Waals surface area contributed by atoms with Crippen molar-refractivity contribution >= 4 is 0 Å². The molecular formula is C15H23NO2. The fourth-order valence-corrected chi connectivity index (χ4v) is 2.53. The number of benzene rings is 1. The molecule has 2 rings (SSSR count). The van der Waals surface area contributed by atoms with E-state index in [1.54, 1.807) is 14.2 Å². The van der Waals surface area contributed by atoms with Gasteiger partial charge in [0.2, 0.25) is 0 Å². The monoisotopic (exact) mass is 249 g/mol. The van der Waals surface area contributed by atoms with Gasteiger partial charge in [-0.1, -0.05) is 19.1 Å². The van der Waals surface area contributed by atoms with Crippen molar-refractivity contribution in [2.75, 3.05) is 33.9 Å². The van der Waals surface area contributed by atoms with Crippen molar-refractivity contribution < 1.29 is 9.47 Å². The molecule has 0 spiro atoms. The van der Waals surface area contributed by atoms with E-state index in [1.165, 1.54) is 12.0 Å². The number of rotatable bonds is 7. The van der Waals surface area contributed by atoms with Crippen LogP contribution in [0.1, 0.15) is 18.9 Å². The van der Waals surface area contributed by atoms with Gasteiger partial charge in [-0.2, -0.15) is 0 Å². The van der Waals surface area contributed by atoms with Gasteiger partial charge in [-0.15, -0.1) is 0 Å². The van der Waals surface area contributed by atoms with Gasteiger partial charge in [0.25, 0.3) is 0 Å². The van der Waals surface area contributed by atoms with E-state index >= 15 is 0 Å². The summed E-state index contributed by atoms with van der Waals surface area (Å²) < 4.78 is 10.2. The molecule has 1 aromatic rings. The Morgan fingerprint density at radius 3 is 2.61 bits per heavy atom. The van der Waals surface area contributed by atoms with Gasteiger partial charge in [-0.05, 0) is 42.0 Å². The molecule has 3 heteroatoms. The molecule has 0 aromatic heterocycles. The van der Waals surface area contributed by atoms with Crippen molar-refractivity contribution in [1.82, 2.24) is 5.32 Å². The van der Waals surface area contributed by atoms with Crippen LogP contribution in [0.3, 0.4) is 0 Å². The SMILES string of the molecule is COCCNCC1CC1(C)c1ccc(OC)cc1. The lowest BCUT2D eigenvalue weighted by Crippen LogP contribution is -2.23. The van der Waals surface area contributed by atoms with Crippen LogP contribution in [-0.4, -0.2) is 33.9 Å². The van der Waals surface area contributed by atoms with Crippen molar-refractivity contribution in [2.24, 2.45) is 5.92 Å². The van der Waals surface area contributed by atoms with E-state index < -0.39 is 0 Å². The van der Waals surface area contributed by atoms with E-state index in [9.17, 15) is 0 Å². The standard InChI is InChI=1S/C15H23NO2/c1-15(10-13(15)11-16-8-9-17-2)12-4-6-14(18-3)7-5-12/h4-7,13,16H,8-11H2,1-3H3. The summed E-state index contributed by atoms with van der Waals surface area (Å²) in [6.07, 6.45) is 1.26. The Morgan fingerprint density at radius 2 is 2.00 bits per heavy atom. The topological polar surface area (TPSA) is 30.5 Å². The van der Waals surface area contributed by atoms with E-state index in [0.29, 0.717) is 5.41 Å². The molecule has 0 bridgehead atoms. The molecule has 18 heavy (non-hydrogen) atoms. The third-order valence-corrected chi connectivity index (χ3v) is 4.03. The number of hydrogen-bond donors (Lipinski definition) is 1. The molecule has 1 saturated carbocycles. The van der Waals surface area contributed by atoms with Gasteiger partial charge in [0.1, 0.15) is 5.75 Å². The Balaban J connectivity index is 1.85. The number of ether oxygens (including phenoxy) is 2. The highest BCUT2D eigenvalue weighted by atomic mass is 16.5. The number of methoxy groups -OCH3 is 2. The summed E-state index contributed by atoms with van der Waals surface area (Å²) in [4.78, 5) is 0. The minimum atomic E-state index is 0.340. The predicted octanol–water partition coefficient (Wildman–Crippen LogP) is 2.21. The molecule has 3 nitrogen and oxygen atoms in total. The highest BCUT2D eigenvalue weighted by Gasteiger charge is 2.50. The van der Waals surface area contributed by atoms with E-state index in [1.807, 2.05) is 12.1 Å². The molecule has 1 N–H and O–H groups in total. The van der Waals surface area contributed by atoms with Crippen molar-refractivity contribution in [3.05, 3.63) is 29.8 Å². The quantitative estimate of drug-likeness (QED) is 0.752. The molecule has 2 unspecified atom stereocenters. The maximum atomic E-state index is 5.19. The molecule has 0 heterocycles. The normalized spacial score (nSPS) is 26.1. The van der Waals surface area contributed by atoms with E-state index in [2.05, 4.69) is 24.4 Å². The molecule has 1 aliphatic rings. The predicted molar refractivity (Wildman–Crippen MR) is 73.2 cm³/mol. The molecule has 0 aliphatic heterocycles. The van der Waals surface area contributed by atoms with Crippen LogP contribution in [0, 0.1) is 5.92 Å². The third-order valence-electron chi connectivity index (χ3n) is 4.03. The summed E-state index contributed by atoms with van der Waals surface area (Å²) >= 11 is 0. The van der Waals surface area contributed by atoms with Gasteiger partial charge in [-0.25, -0.2) is 0 Å². The van der Waals surface area contributed by atoms with Crippen molar-refractivity contribution in [3.8, 4) is 5.75 Å².